The number of hydrogen-bond donors (Lipinski definition) is 0. The minimum absolute atomic E-state index is 1.13. The van der Waals surface area contributed by atoms with Crippen molar-refractivity contribution in [2.75, 3.05) is 7.11 Å². The molecule has 0 aromatic rings. The third kappa shape index (κ3) is 30.9. The SMILES string of the molecule is CCC.CO[Si](C)(C)C. The highest BCUT2D eigenvalue weighted by Gasteiger charge is 2.09. The highest BCUT2D eigenvalue weighted by Crippen LogP contribution is 1.97. The zero-order valence-electron chi connectivity index (χ0n) is 7.62. The van der Waals surface area contributed by atoms with Crippen molar-refractivity contribution in [2.45, 2.75) is 39.9 Å². The summed E-state index contributed by atoms with van der Waals surface area (Å²) in [4.78, 5) is 0. The van der Waals surface area contributed by atoms with Gasteiger partial charge in [-0.15, -0.1) is 0 Å². The molecule has 0 aliphatic rings. The molecule has 0 bridgehead atoms. The highest BCUT2D eigenvalue weighted by atomic mass is 28.4. The summed E-state index contributed by atoms with van der Waals surface area (Å²) in [6, 6.07) is 0. The molecule has 0 aliphatic heterocycles. The Morgan fingerprint density at radius 3 is 1.22 bits per heavy atom. The lowest BCUT2D eigenvalue weighted by Crippen LogP contribution is -2.22. The van der Waals surface area contributed by atoms with Gasteiger partial charge in [0.15, 0.2) is 8.32 Å². The molecule has 0 aromatic carbocycles. The lowest BCUT2D eigenvalue weighted by atomic mass is 10.6. The van der Waals surface area contributed by atoms with E-state index in [0.29, 0.717) is 0 Å². The van der Waals surface area contributed by atoms with E-state index in [2.05, 4.69) is 33.5 Å². The van der Waals surface area contributed by atoms with Crippen LogP contribution in [0.5, 0.6) is 0 Å². The standard InChI is InChI=1S/C4H12OSi.C3H8/c1-5-6(2,3)4;1-3-2/h1-4H3;3H2,1-2H3. The van der Waals surface area contributed by atoms with E-state index in [4.69, 9.17) is 4.43 Å². The first-order valence-electron chi connectivity index (χ1n) is 3.53. The molecule has 0 aliphatic carbocycles. The second-order valence-corrected chi connectivity index (χ2v) is 7.66. The summed E-state index contributed by atoms with van der Waals surface area (Å²) in [6.45, 7) is 10.7. The van der Waals surface area contributed by atoms with Gasteiger partial charge in [0.25, 0.3) is 0 Å². The zero-order chi connectivity index (χ0) is 7.91. The summed E-state index contributed by atoms with van der Waals surface area (Å²) in [6.07, 6.45) is 1.25. The summed E-state index contributed by atoms with van der Waals surface area (Å²) < 4.78 is 5.08. The Bertz CT molecular complexity index is 47.4. The molecule has 0 fully saturated rings. The van der Waals surface area contributed by atoms with Crippen LogP contribution in [0, 0.1) is 0 Å². The normalized spacial score (nSPS) is 10.0. The minimum atomic E-state index is -1.13. The van der Waals surface area contributed by atoms with Gasteiger partial charge >= 0.3 is 0 Å². The van der Waals surface area contributed by atoms with E-state index in [-0.39, 0.29) is 0 Å². The van der Waals surface area contributed by atoms with Crippen molar-refractivity contribution < 1.29 is 4.43 Å². The summed E-state index contributed by atoms with van der Waals surface area (Å²) in [7, 11) is 0.639. The number of hydrogen-bond acceptors (Lipinski definition) is 1. The Morgan fingerprint density at radius 2 is 1.22 bits per heavy atom. The van der Waals surface area contributed by atoms with E-state index in [1.807, 2.05) is 0 Å². The largest absolute Gasteiger partial charge is 0.421 e. The van der Waals surface area contributed by atoms with Gasteiger partial charge in [0.05, 0.1) is 0 Å². The second kappa shape index (κ2) is 6.30. The fourth-order valence-corrected chi connectivity index (χ4v) is 0. The number of rotatable bonds is 1. The van der Waals surface area contributed by atoms with E-state index in [0.717, 1.165) is 0 Å². The van der Waals surface area contributed by atoms with E-state index in [9.17, 15) is 0 Å². The molecule has 0 amide bonds. The molecule has 0 aromatic heterocycles. The molecule has 2 heteroatoms. The fraction of sp³-hybridized carbons (Fsp3) is 1.00. The van der Waals surface area contributed by atoms with Crippen molar-refractivity contribution in [3.63, 3.8) is 0 Å². The molecular weight excluding hydrogens is 128 g/mol. The fourth-order valence-electron chi connectivity index (χ4n) is 0. The van der Waals surface area contributed by atoms with Gasteiger partial charge in [0.1, 0.15) is 0 Å². The molecule has 0 saturated heterocycles. The Morgan fingerprint density at radius 1 is 1.11 bits per heavy atom. The molecule has 1 nitrogen and oxygen atoms in total. The van der Waals surface area contributed by atoms with Gasteiger partial charge in [-0.25, -0.2) is 0 Å². The Kier molecular flexibility index (Phi) is 8.34. The summed E-state index contributed by atoms with van der Waals surface area (Å²) in [5.74, 6) is 0. The summed E-state index contributed by atoms with van der Waals surface area (Å²) >= 11 is 0. The van der Waals surface area contributed by atoms with Crippen molar-refractivity contribution >= 4 is 8.32 Å². The zero-order valence-corrected chi connectivity index (χ0v) is 8.62. The van der Waals surface area contributed by atoms with Gasteiger partial charge in [0, 0.05) is 7.11 Å². The van der Waals surface area contributed by atoms with Crippen LogP contribution >= 0.6 is 0 Å². The molecule has 0 rings (SSSR count). The second-order valence-electron chi connectivity index (χ2n) is 3.02. The van der Waals surface area contributed by atoms with Crippen LogP contribution in [0.3, 0.4) is 0 Å². The lowest BCUT2D eigenvalue weighted by Gasteiger charge is -2.10. The van der Waals surface area contributed by atoms with Crippen LogP contribution in [0.15, 0.2) is 0 Å². The summed E-state index contributed by atoms with van der Waals surface area (Å²) in [5.41, 5.74) is 0. The average Bonchev–Trinajstić information content (AvgIpc) is 1.67. The van der Waals surface area contributed by atoms with Gasteiger partial charge in [-0.05, 0) is 19.6 Å². The van der Waals surface area contributed by atoms with Crippen molar-refractivity contribution in [3.05, 3.63) is 0 Å². The van der Waals surface area contributed by atoms with Crippen molar-refractivity contribution in [1.29, 1.82) is 0 Å². The van der Waals surface area contributed by atoms with Crippen LogP contribution in [0.1, 0.15) is 20.3 Å². The minimum Gasteiger partial charge on any atom is -0.421 e. The average molecular weight is 148 g/mol. The molecule has 0 spiro atoms. The van der Waals surface area contributed by atoms with E-state index in [1.54, 1.807) is 7.11 Å². The maximum atomic E-state index is 5.08. The van der Waals surface area contributed by atoms with Gasteiger partial charge in [0.2, 0.25) is 0 Å². The Balaban J connectivity index is 0. The van der Waals surface area contributed by atoms with Crippen LogP contribution in [-0.2, 0) is 4.43 Å². The molecule has 0 unspecified atom stereocenters. The Labute approximate surface area is 60.6 Å². The first-order valence-corrected chi connectivity index (χ1v) is 6.93. The smallest absolute Gasteiger partial charge is 0.183 e. The van der Waals surface area contributed by atoms with Crippen LogP contribution in [0.4, 0.5) is 0 Å². The quantitative estimate of drug-likeness (QED) is 0.520. The van der Waals surface area contributed by atoms with Crippen molar-refractivity contribution in [3.8, 4) is 0 Å². The van der Waals surface area contributed by atoms with Gasteiger partial charge in [-0.1, -0.05) is 20.3 Å². The first-order chi connectivity index (χ1) is 3.97. The van der Waals surface area contributed by atoms with E-state index < -0.39 is 8.32 Å². The molecular formula is C7H20OSi. The van der Waals surface area contributed by atoms with E-state index >= 15 is 0 Å². The maximum absolute atomic E-state index is 5.08. The van der Waals surface area contributed by atoms with Crippen LogP contribution in [-0.4, -0.2) is 15.4 Å². The van der Waals surface area contributed by atoms with Crippen LogP contribution in [0.25, 0.3) is 0 Å². The van der Waals surface area contributed by atoms with Crippen molar-refractivity contribution in [1.82, 2.24) is 0 Å². The molecule has 0 atom stereocenters. The monoisotopic (exact) mass is 148 g/mol. The predicted octanol–water partition coefficient (Wildman–Crippen LogP) is 2.88. The van der Waals surface area contributed by atoms with Gasteiger partial charge in [-0.2, -0.15) is 0 Å². The first kappa shape index (κ1) is 11.9. The molecule has 58 valence electrons. The van der Waals surface area contributed by atoms with Gasteiger partial charge in [-0.3, -0.25) is 0 Å². The van der Waals surface area contributed by atoms with Crippen LogP contribution < -0.4 is 0 Å². The van der Waals surface area contributed by atoms with Gasteiger partial charge < -0.3 is 4.43 Å². The predicted molar refractivity (Wildman–Crippen MR) is 46.3 cm³/mol. The molecule has 0 saturated carbocycles. The third-order valence-electron chi connectivity index (χ3n) is 0.612. The third-order valence-corrected chi connectivity index (χ3v) is 1.84. The Hall–Kier alpha value is 0.177. The molecule has 0 radical (unpaired) electrons. The summed E-state index contributed by atoms with van der Waals surface area (Å²) in [5, 5.41) is 0. The topological polar surface area (TPSA) is 9.23 Å². The maximum Gasteiger partial charge on any atom is 0.183 e. The van der Waals surface area contributed by atoms with E-state index in [1.165, 1.54) is 6.42 Å². The van der Waals surface area contributed by atoms with Crippen molar-refractivity contribution in [2.24, 2.45) is 0 Å². The lowest BCUT2D eigenvalue weighted by molar-refractivity contribution is 0.411. The molecule has 0 heterocycles. The molecule has 0 N–H and O–H groups in total. The molecule has 9 heavy (non-hydrogen) atoms. The highest BCUT2D eigenvalue weighted by molar-refractivity contribution is 6.69. The van der Waals surface area contributed by atoms with Crippen LogP contribution in [0.2, 0.25) is 19.6 Å².